The van der Waals surface area contributed by atoms with Crippen LogP contribution in [0.1, 0.15) is 13.8 Å². The number of carbonyl (C=O) groups excluding carboxylic acids is 2. The summed E-state index contributed by atoms with van der Waals surface area (Å²) in [6.45, 7) is 2.44. The molecule has 0 spiro atoms. The number of hydrogen-bond donors (Lipinski definition) is 2. The number of carbonyl (C=O) groups is 2. The zero-order valence-corrected chi connectivity index (χ0v) is 15.4. The lowest BCUT2D eigenvalue weighted by molar-refractivity contribution is -0.385. The van der Waals surface area contributed by atoms with E-state index in [0.717, 1.165) is 6.07 Å². The molecule has 2 heterocycles. The van der Waals surface area contributed by atoms with Gasteiger partial charge in [0, 0.05) is 38.1 Å². The Kier molecular flexibility index (Phi) is 4.04. The van der Waals surface area contributed by atoms with Crippen molar-refractivity contribution in [3.63, 3.8) is 0 Å². The third-order valence-electron chi connectivity index (χ3n) is 4.21. The standard InChI is InChI=1S/C16H12N8O6/c1-7(25)17-11-3-9(23(27)28)5-13-15(11)19-22-14-6-10(24(29)30)4-12(18-8(2)26)16(14)20-21(13)22/h3-6,19H,1-2H3,(H,17,25). The summed E-state index contributed by atoms with van der Waals surface area (Å²) in [6, 6.07) is 4.76. The highest BCUT2D eigenvalue weighted by Gasteiger charge is 2.24. The number of nitrogens with zero attached hydrogens (tertiary/aromatic N) is 6. The summed E-state index contributed by atoms with van der Waals surface area (Å²) >= 11 is 0. The maximum atomic E-state index is 11.5. The topological polar surface area (TPSA) is 182 Å². The molecule has 4 rings (SSSR count). The smallest absolute Gasteiger partial charge is 0.273 e. The van der Waals surface area contributed by atoms with Gasteiger partial charge in [-0.3, -0.25) is 34.9 Å². The first kappa shape index (κ1) is 18.7. The Balaban J connectivity index is 2.16. The molecule has 1 aromatic heterocycles. The van der Waals surface area contributed by atoms with Crippen LogP contribution in [0.5, 0.6) is 0 Å². The number of rotatable bonds is 3. The van der Waals surface area contributed by atoms with Gasteiger partial charge in [-0.2, -0.15) is 4.63 Å². The van der Waals surface area contributed by atoms with Gasteiger partial charge in [0.15, 0.2) is 0 Å². The van der Waals surface area contributed by atoms with Crippen molar-refractivity contribution in [3.8, 4) is 11.4 Å². The van der Waals surface area contributed by atoms with Crippen LogP contribution in [0.15, 0.2) is 29.3 Å². The van der Waals surface area contributed by atoms with Crippen LogP contribution in [0.2, 0.25) is 0 Å². The van der Waals surface area contributed by atoms with Gasteiger partial charge in [0.2, 0.25) is 11.8 Å². The van der Waals surface area contributed by atoms with E-state index in [9.17, 15) is 29.8 Å². The highest BCUT2D eigenvalue weighted by molar-refractivity contribution is 5.99. The molecule has 2 aliphatic rings. The first-order valence-corrected chi connectivity index (χ1v) is 8.39. The molecule has 1 aromatic carbocycles. The number of amides is 2. The van der Waals surface area contributed by atoms with Gasteiger partial charge in [-0.05, 0) is 0 Å². The lowest BCUT2D eigenvalue weighted by Crippen LogP contribution is -2.11. The summed E-state index contributed by atoms with van der Waals surface area (Å²) in [6.07, 6.45) is 0. The Hall–Kier alpha value is -4.62. The van der Waals surface area contributed by atoms with Gasteiger partial charge in [0.25, 0.3) is 11.4 Å². The molecular weight excluding hydrogens is 400 g/mol. The number of benzene rings is 2. The normalized spacial score (nSPS) is 12.0. The highest BCUT2D eigenvalue weighted by Crippen LogP contribution is 2.30. The number of anilines is 1. The number of nitrogens with one attached hydrogen (secondary N) is 2. The summed E-state index contributed by atoms with van der Waals surface area (Å²) in [7, 11) is 0. The van der Waals surface area contributed by atoms with Crippen molar-refractivity contribution in [3.05, 3.63) is 49.9 Å². The molecule has 14 heteroatoms. The second kappa shape index (κ2) is 6.47. The zero-order chi connectivity index (χ0) is 21.7. The molecule has 14 nitrogen and oxygen atoms in total. The first-order valence-electron chi connectivity index (χ1n) is 8.39. The molecule has 0 bridgehead atoms. The summed E-state index contributed by atoms with van der Waals surface area (Å²) in [5, 5.41) is 32.4. The maximum Gasteiger partial charge on any atom is 0.273 e. The Bertz CT molecular complexity index is 1440. The van der Waals surface area contributed by atoms with E-state index in [0.29, 0.717) is 5.52 Å². The fraction of sp³-hybridized carbons (Fsp3) is 0.125. The van der Waals surface area contributed by atoms with Gasteiger partial charge in [-0.1, -0.05) is 0 Å². The molecule has 0 atom stereocenters. The lowest BCUT2D eigenvalue weighted by Gasteiger charge is -2.03. The van der Waals surface area contributed by atoms with Gasteiger partial charge in [0.1, 0.15) is 27.8 Å². The number of nitro benzene ring substituents is 2. The molecule has 2 aromatic rings. The van der Waals surface area contributed by atoms with E-state index >= 15 is 0 Å². The van der Waals surface area contributed by atoms with Crippen LogP contribution in [0.3, 0.4) is 0 Å². The number of aromatic nitrogens is 4. The van der Waals surface area contributed by atoms with Crippen molar-refractivity contribution in [1.29, 1.82) is 0 Å². The summed E-state index contributed by atoms with van der Waals surface area (Å²) in [5.74, 6) is -1.02. The predicted octanol–water partition coefficient (Wildman–Crippen LogP) is 1.24. The number of H-pyrrole nitrogens is 1. The van der Waals surface area contributed by atoms with E-state index in [4.69, 9.17) is 0 Å². The molecule has 152 valence electrons. The quantitative estimate of drug-likeness (QED) is 0.374. The van der Waals surface area contributed by atoms with E-state index in [-0.39, 0.29) is 39.3 Å². The fourth-order valence-corrected chi connectivity index (χ4v) is 3.11. The number of nitro groups is 2. The van der Waals surface area contributed by atoms with Crippen molar-refractivity contribution >= 4 is 39.9 Å². The lowest BCUT2D eigenvalue weighted by atomic mass is 10.2. The minimum atomic E-state index is -0.640. The molecule has 0 fully saturated rings. The van der Waals surface area contributed by atoms with Crippen LogP contribution in [0.25, 0.3) is 22.4 Å². The van der Waals surface area contributed by atoms with Crippen molar-refractivity contribution in [2.45, 2.75) is 13.8 Å². The largest absolute Gasteiger partial charge is 0.324 e. The molecule has 2 amide bonds. The van der Waals surface area contributed by atoms with Gasteiger partial charge in [-0.25, -0.2) is 4.99 Å². The number of aromatic amines is 1. The van der Waals surface area contributed by atoms with Crippen molar-refractivity contribution in [2.75, 3.05) is 5.32 Å². The van der Waals surface area contributed by atoms with Crippen LogP contribution < -0.4 is 10.7 Å². The van der Waals surface area contributed by atoms with Crippen LogP contribution in [-0.4, -0.2) is 41.1 Å². The number of non-ortho nitro benzene ring substituents is 2. The average molecular weight is 412 g/mol. The van der Waals surface area contributed by atoms with Crippen LogP contribution >= 0.6 is 0 Å². The third-order valence-corrected chi connectivity index (χ3v) is 4.21. The molecule has 1 aliphatic heterocycles. The Morgan fingerprint density at radius 3 is 2.37 bits per heavy atom. The van der Waals surface area contributed by atoms with Crippen LogP contribution in [0, 0.1) is 20.2 Å². The molecule has 1 aliphatic carbocycles. The third kappa shape index (κ3) is 2.92. The molecule has 0 saturated heterocycles. The van der Waals surface area contributed by atoms with Crippen LogP contribution in [-0.2, 0) is 9.59 Å². The van der Waals surface area contributed by atoms with E-state index in [1.807, 2.05) is 0 Å². The minimum absolute atomic E-state index is 0.0167. The Morgan fingerprint density at radius 1 is 1.10 bits per heavy atom. The van der Waals surface area contributed by atoms with E-state index in [1.54, 1.807) is 0 Å². The first-order chi connectivity index (χ1) is 14.2. The monoisotopic (exact) mass is 412 g/mol. The molecule has 30 heavy (non-hydrogen) atoms. The second-order valence-corrected chi connectivity index (χ2v) is 6.36. The fourth-order valence-electron chi connectivity index (χ4n) is 3.11. The van der Waals surface area contributed by atoms with Gasteiger partial charge < -0.3 is 5.32 Å². The molecule has 0 unspecified atom stereocenters. The highest BCUT2D eigenvalue weighted by atomic mass is 16.6. The van der Waals surface area contributed by atoms with E-state index in [2.05, 4.69) is 20.5 Å². The molecule has 0 radical (unpaired) electrons. The van der Waals surface area contributed by atoms with Gasteiger partial charge >= 0.3 is 0 Å². The summed E-state index contributed by atoms with van der Waals surface area (Å²) < 4.78 is 2.54. The van der Waals surface area contributed by atoms with Gasteiger partial charge in [0.05, 0.1) is 15.5 Å². The Labute approximate surface area is 165 Å². The average Bonchev–Trinajstić information content (AvgIpc) is 3.17. The molecule has 0 saturated carbocycles. The zero-order valence-electron chi connectivity index (χ0n) is 15.4. The van der Waals surface area contributed by atoms with Crippen molar-refractivity contribution in [2.24, 2.45) is 4.99 Å². The van der Waals surface area contributed by atoms with Crippen molar-refractivity contribution < 1.29 is 19.4 Å². The number of fused-ring (bicyclic) bond motifs is 5. The minimum Gasteiger partial charge on any atom is -0.324 e. The van der Waals surface area contributed by atoms with Crippen molar-refractivity contribution in [1.82, 2.24) is 19.5 Å². The second-order valence-electron chi connectivity index (χ2n) is 6.36. The van der Waals surface area contributed by atoms with Gasteiger partial charge in [-0.15, -0.1) is 9.73 Å². The molecular formula is C16H12N8O6. The van der Waals surface area contributed by atoms with E-state index < -0.39 is 21.7 Å². The van der Waals surface area contributed by atoms with Crippen LogP contribution in [0.4, 0.5) is 17.1 Å². The van der Waals surface area contributed by atoms with E-state index in [1.165, 1.54) is 41.3 Å². The summed E-state index contributed by atoms with van der Waals surface area (Å²) in [5.41, 5.74) is 0.418. The summed E-state index contributed by atoms with van der Waals surface area (Å²) in [4.78, 5) is 48.2. The number of hydrogen-bond acceptors (Lipinski definition) is 7. The maximum absolute atomic E-state index is 11.5. The Morgan fingerprint density at radius 2 is 1.77 bits per heavy atom. The SMILES string of the molecule is CC(=O)N=c1cc([N+](=O)[O-])cc2n3[nH]c4c(NC(C)=O)cc([N+](=O)[O-])cc4n3nc1-2. The molecule has 2 N–H and O–H groups in total. The predicted molar refractivity (Wildman–Crippen MR) is 101 cm³/mol.